The molecule has 1 aliphatic rings. The van der Waals surface area contributed by atoms with Gasteiger partial charge in [0.15, 0.2) is 0 Å². The van der Waals surface area contributed by atoms with Crippen LogP contribution in [0.25, 0.3) is 6.08 Å². The van der Waals surface area contributed by atoms with Gasteiger partial charge in [-0.25, -0.2) is 4.79 Å². The molecule has 5 heteroatoms. The Morgan fingerprint density at radius 1 is 1.43 bits per heavy atom. The van der Waals surface area contributed by atoms with Crippen LogP contribution < -0.4 is 10.6 Å². The van der Waals surface area contributed by atoms with E-state index in [1.165, 1.54) is 0 Å². The Hall–Kier alpha value is -2.30. The molecule has 0 aromatic heterocycles. The van der Waals surface area contributed by atoms with Gasteiger partial charge in [0, 0.05) is 24.9 Å². The fraction of sp³-hybridized carbons (Fsp3) is 0.375. The minimum absolute atomic E-state index is 0.0928. The molecule has 0 radical (unpaired) electrons. The van der Waals surface area contributed by atoms with Crippen LogP contribution in [0.2, 0.25) is 0 Å². The van der Waals surface area contributed by atoms with Gasteiger partial charge in [-0.1, -0.05) is 6.07 Å². The average molecular weight is 288 g/mol. The molecule has 5 nitrogen and oxygen atoms in total. The van der Waals surface area contributed by atoms with E-state index in [4.69, 9.17) is 10.8 Å². The molecular weight excluding hydrogens is 268 g/mol. The standard InChI is InChI=1S/C16H20N2O3/c1-11-9-12(5-7-15(19)20)4-6-14(11)18-8-2-3-13(10-18)16(17)21/h4-7,9,13H,2-3,8,10H2,1H3,(H2,17,21)(H,19,20). The van der Waals surface area contributed by atoms with Gasteiger partial charge in [0.1, 0.15) is 0 Å². The van der Waals surface area contributed by atoms with Crippen molar-refractivity contribution in [2.45, 2.75) is 19.8 Å². The van der Waals surface area contributed by atoms with E-state index in [1.54, 1.807) is 6.08 Å². The summed E-state index contributed by atoms with van der Waals surface area (Å²) in [5, 5.41) is 8.64. The lowest BCUT2D eigenvalue weighted by Gasteiger charge is -2.34. The molecule has 1 aromatic rings. The van der Waals surface area contributed by atoms with Gasteiger partial charge < -0.3 is 15.7 Å². The molecule has 0 spiro atoms. The van der Waals surface area contributed by atoms with E-state index in [0.717, 1.165) is 42.3 Å². The van der Waals surface area contributed by atoms with Crippen molar-refractivity contribution < 1.29 is 14.7 Å². The van der Waals surface area contributed by atoms with Crippen molar-refractivity contribution >= 4 is 23.6 Å². The number of carbonyl (C=O) groups excluding carboxylic acids is 1. The maximum absolute atomic E-state index is 11.4. The number of nitrogens with two attached hydrogens (primary N) is 1. The molecule has 1 atom stereocenters. The Labute approximate surface area is 124 Å². The first-order valence-corrected chi connectivity index (χ1v) is 7.03. The van der Waals surface area contributed by atoms with E-state index in [9.17, 15) is 9.59 Å². The quantitative estimate of drug-likeness (QED) is 0.827. The molecule has 0 bridgehead atoms. The number of carboxylic acid groups (broad SMARTS) is 1. The van der Waals surface area contributed by atoms with Crippen LogP contribution in [0.1, 0.15) is 24.0 Å². The predicted molar refractivity (Wildman–Crippen MR) is 82.0 cm³/mol. The number of primary amides is 1. The van der Waals surface area contributed by atoms with Gasteiger partial charge in [-0.05, 0) is 49.1 Å². The van der Waals surface area contributed by atoms with E-state index in [0.29, 0.717) is 6.54 Å². The number of hydrogen-bond acceptors (Lipinski definition) is 3. The highest BCUT2D eigenvalue weighted by molar-refractivity contribution is 5.85. The van der Waals surface area contributed by atoms with Crippen LogP contribution in [0.4, 0.5) is 5.69 Å². The maximum atomic E-state index is 11.4. The van der Waals surface area contributed by atoms with Crippen molar-refractivity contribution in [1.82, 2.24) is 0 Å². The van der Waals surface area contributed by atoms with Crippen LogP contribution in [0.15, 0.2) is 24.3 Å². The van der Waals surface area contributed by atoms with Crippen LogP contribution in [0.5, 0.6) is 0 Å². The van der Waals surface area contributed by atoms with E-state index >= 15 is 0 Å². The second-order valence-corrected chi connectivity index (χ2v) is 5.41. The number of piperidine rings is 1. The Kier molecular flexibility index (Phi) is 4.62. The lowest BCUT2D eigenvalue weighted by Crippen LogP contribution is -2.41. The van der Waals surface area contributed by atoms with Crippen molar-refractivity contribution in [1.29, 1.82) is 0 Å². The molecule has 2 rings (SSSR count). The van der Waals surface area contributed by atoms with Crippen LogP contribution >= 0.6 is 0 Å². The molecule has 112 valence electrons. The minimum Gasteiger partial charge on any atom is -0.478 e. The molecule has 3 N–H and O–H groups in total. The first-order chi connectivity index (χ1) is 9.97. The molecule has 1 aliphatic heterocycles. The Morgan fingerprint density at radius 2 is 2.19 bits per heavy atom. The van der Waals surface area contributed by atoms with Crippen LogP contribution in [-0.2, 0) is 9.59 Å². The number of aliphatic carboxylic acids is 1. The summed E-state index contributed by atoms with van der Waals surface area (Å²) in [6.45, 7) is 3.55. The number of rotatable bonds is 4. The summed E-state index contributed by atoms with van der Waals surface area (Å²) in [7, 11) is 0. The molecule has 1 saturated heterocycles. The molecule has 0 aliphatic carbocycles. The van der Waals surface area contributed by atoms with Gasteiger partial charge in [0.25, 0.3) is 0 Å². The summed E-state index contributed by atoms with van der Waals surface area (Å²) in [5.74, 6) is -1.29. The molecular formula is C16H20N2O3. The summed E-state index contributed by atoms with van der Waals surface area (Å²) in [6.07, 6.45) is 4.50. The SMILES string of the molecule is Cc1cc(C=CC(=O)O)ccc1N1CCCC(C(N)=O)C1. The van der Waals surface area contributed by atoms with Crippen molar-refractivity contribution in [2.75, 3.05) is 18.0 Å². The van der Waals surface area contributed by atoms with Crippen molar-refractivity contribution in [3.8, 4) is 0 Å². The second-order valence-electron chi connectivity index (χ2n) is 5.41. The van der Waals surface area contributed by atoms with Gasteiger partial charge >= 0.3 is 5.97 Å². The largest absolute Gasteiger partial charge is 0.478 e. The maximum Gasteiger partial charge on any atom is 0.328 e. The van der Waals surface area contributed by atoms with Crippen LogP contribution in [0.3, 0.4) is 0 Å². The average Bonchev–Trinajstić information content (AvgIpc) is 2.45. The molecule has 1 fully saturated rings. The highest BCUT2D eigenvalue weighted by Crippen LogP contribution is 2.27. The highest BCUT2D eigenvalue weighted by Gasteiger charge is 2.24. The third-order valence-electron chi connectivity index (χ3n) is 3.80. The Bertz CT molecular complexity index is 581. The summed E-state index contributed by atoms with van der Waals surface area (Å²) >= 11 is 0. The Morgan fingerprint density at radius 3 is 2.81 bits per heavy atom. The molecule has 0 saturated carbocycles. The lowest BCUT2D eigenvalue weighted by atomic mass is 9.96. The number of benzene rings is 1. The number of hydrogen-bond donors (Lipinski definition) is 2. The number of anilines is 1. The van der Waals surface area contributed by atoms with Crippen LogP contribution in [-0.4, -0.2) is 30.1 Å². The van der Waals surface area contributed by atoms with Gasteiger partial charge in [-0.3, -0.25) is 4.79 Å². The smallest absolute Gasteiger partial charge is 0.328 e. The van der Waals surface area contributed by atoms with Crippen molar-refractivity contribution in [3.63, 3.8) is 0 Å². The number of nitrogens with zero attached hydrogens (tertiary/aromatic N) is 1. The fourth-order valence-corrected chi connectivity index (χ4v) is 2.73. The zero-order valence-electron chi connectivity index (χ0n) is 12.1. The number of carbonyl (C=O) groups is 2. The van der Waals surface area contributed by atoms with E-state index in [1.807, 2.05) is 25.1 Å². The van der Waals surface area contributed by atoms with E-state index < -0.39 is 5.97 Å². The normalized spacial score (nSPS) is 18.9. The summed E-state index contributed by atoms with van der Waals surface area (Å²) < 4.78 is 0. The van der Waals surface area contributed by atoms with Gasteiger partial charge in [0.2, 0.25) is 5.91 Å². The second kappa shape index (κ2) is 6.43. The molecule has 1 unspecified atom stereocenters. The molecule has 1 amide bonds. The van der Waals surface area contributed by atoms with Gasteiger partial charge in [0.05, 0.1) is 5.92 Å². The van der Waals surface area contributed by atoms with Crippen molar-refractivity contribution in [3.05, 3.63) is 35.4 Å². The molecule has 21 heavy (non-hydrogen) atoms. The van der Waals surface area contributed by atoms with E-state index in [2.05, 4.69) is 4.90 Å². The van der Waals surface area contributed by atoms with Crippen LogP contribution in [0, 0.1) is 12.8 Å². The highest BCUT2D eigenvalue weighted by atomic mass is 16.4. The minimum atomic E-state index is -0.961. The number of aryl methyl sites for hydroxylation is 1. The first-order valence-electron chi connectivity index (χ1n) is 7.03. The summed E-state index contributed by atoms with van der Waals surface area (Å²) in [4.78, 5) is 24.1. The fourth-order valence-electron chi connectivity index (χ4n) is 2.73. The third kappa shape index (κ3) is 3.84. The summed E-state index contributed by atoms with van der Waals surface area (Å²) in [6, 6.07) is 5.80. The van der Waals surface area contributed by atoms with Crippen molar-refractivity contribution in [2.24, 2.45) is 11.7 Å². The van der Waals surface area contributed by atoms with Gasteiger partial charge in [-0.2, -0.15) is 0 Å². The monoisotopic (exact) mass is 288 g/mol. The van der Waals surface area contributed by atoms with E-state index in [-0.39, 0.29) is 11.8 Å². The third-order valence-corrected chi connectivity index (χ3v) is 3.80. The summed E-state index contributed by atoms with van der Waals surface area (Å²) in [5.41, 5.74) is 8.40. The predicted octanol–water partition coefficient (Wildman–Crippen LogP) is 1.79. The zero-order chi connectivity index (χ0) is 15.4. The number of amides is 1. The lowest BCUT2D eigenvalue weighted by molar-refractivity contribution is -0.131. The molecule has 1 heterocycles. The Balaban J connectivity index is 2.17. The topological polar surface area (TPSA) is 83.6 Å². The zero-order valence-corrected chi connectivity index (χ0v) is 12.1. The number of carboxylic acids is 1. The van der Waals surface area contributed by atoms with Gasteiger partial charge in [-0.15, -0.1) is 0 Å². The molecule has 1 aromatic carbocycles. The first kappa shape index (κ1) is 15.1.